The molecule has 2 aromatic rings. The van der Waals surface area contributed by atoms with Crippen LogP contribution in [0.25, 0.3) is 11.3 Å². The van der Waals surface area contributed by atoms with Gasteiger partial charge in [-0.3, -0.25) is 0 Å². The van der Waals surface area contributed by atoms with Crippen LogP contribution in [0.5, 0.6) is 5.75 Å². The number of benzene rings is 1. The summed E-state index contributed by atoms with van der Waals surface area (Å²) in [6.07, 6.45) is 1.05. The highest BCUT2D eigenvalue weighted by atomic mass is 35.5. The number of aromatic nitrogens is 2. The van der Waals surface area contributed by atoms with Crippen LogP contribution in [0.15, 0.2) is 18.2 Å². The average molecular weight is 306 g/mol. The third-order valence-corrected chi connectivity index (χ3v) is 3.80. The molecule has 1 aromatic carbocycles. The highest BCUT2D eigenvalue weighted by molar-refractivity contribution is 6.32. The molecule has 1 aromatic heterocycles. The van der Waals surface area contributed by atoms with Crippen molar-refractivity contribution in [3.8, 4) is 17.0 Å². The van der Waals surface area contributed by atoms with Gasteiger partial charge in [0.2, 0.25) is 0 Å². The summed E-state index contributed by atoms with van der Waals surface area (Å²) in [4.78, 5) is 0. The normalized spacial score (nSPS) is 10.5. The van der Waals surface area contributed by atoms with Gasteiger partial charge in [-0.2, -0.15) is 0 Å². The Bertz CT molecular complexity index is 644. The zero-order valence-electron chi connectivity index (χ0n) is 12.8. The van der Waals surface area contributed by atoms with E-state index in [9.17, 15) is 0 Å². The van der Waals surface area contributed by atoms with Crippen molar-refractivity contribution < 1.29 is 4.74 Å². The number of rotatable bonds is 5. The lowest BCUT2D eigenvalue weighted by molar-refractivity contribution is 0.415. The van der Waals surface area contributed by atoms with Crippen LogP contribution in [0.1, 0.15) is 24.5 Å². The standard InChI is InChI=1S/C16H20ClN3O/c1-5-8-18-16-11(3)10(2)15(19-20-16)12-6-7-13(17)14(9-12)21-4/h6-7,9H,5,8H2,1-4H3,(H,18,20). The van der Waals surface area contributed by atoms with Crippen LogP contribution in [-0.4, -0.2) is 23.9 Å². The lowest BCUT2D eigenvalue weighted by Gasteiger charge is -2.13. The van der Waals surface area contributed by atoms with E-state index in [1.807, 2.05) is 18.2 Å². The van der Waals surface area contributed by atoms with Crippen LogP contribution in [-0.2, 0) is 0 Å². The summed E-state index contributed by atoms with van der Waals surface area (Å²) in [6, 6.07) is 5.63. The van der Waals surface area contributed by atoms with E-state index in [0.29, 0.717) is 10.8 Å². The maximum atomic E-state index is 6.07. The first-order valence-electron chi connectivity index (χ1n) is 7.00. The largest absolute Gasteiger partial charge is 0.495 e. The molecule has 0 bridgehead atoms. The van der Waals surface area contributed by atoms with Crippen LogP contribution in [0.4, 0.5) is 5.82 Å². The van der Waals surface area contributed by atoms with E-state index >= 15 is 0 Å². The Kier molecular flexibility index (Phi) is 5.02. The van der Waals surface area contributed by atoms with Gasteiger partial charge in [-0.25, -0.2) is 0 Å². The molecule has 0 fully saturated rings. The maximum Gasteiger partial charge on any atom is 0.151 e. The van der Waals surface area contributed by atoms with Crippen molar-refractivity contribution in [3.63, 3.8) is 0 Å². The Labute approximate surface area is 130 Å². The number of hydrogen-bond acceptors (Lipinski definition) is 4. The predicted octanol–water partition coefficient (Wildman–Crippen LogP) is 4.24. The molecule has 0 aliphatic carbocycles. The minimum absolute atomic E-state index is 0.588. The fourth-order valence-electron chi connectivity index (χ4n) is 2.10. The number of anilines is 1. The molecule has 2 rings (SSSR count). The minimum atomic E-state index is 0.588. The second-order valence-electron chi connectivity index (χ2n) is 4.92. The van der Waals surface area contributed by atoms with E-state index < -0.39 is 0 Å². The number of nitrogens with zero attached hydrogens (tertiary/aromatic N) is 2. The molecule has 21 heavy (non-hydrogen) atoms. The Morgan fingerprint density at radius 3 is 2.62 bits per heavy atom. The van der Waals surface area contributed by atoms with Crippen molar-refractivity contribution in [2.45, 2.75) is 27.2 Å². The van der Waals surface area contributed by atoms with Crippen molar-refractivity contribution in [2.75, 3.05) is 19.0 Å². The highest BCUT2D eigenvalue weighted by Gasteiger charge is 2.12. The Morgan fingerprint density at radius 1 is 1.19 bits per heavy atom. The summed E-state index contributed by atoms with van der Waals surface area (Å²) in [5, 5.41) is 12.5. The average Bonchev–Trinajstić information content (AvgIpc) is 2.49. The summed E-state index contributed by atoms with van der Waals surface area (Å²) >= 11 is 6.07. The van der Waals surface area contributed by atoms with Gasteiger partial charge in [0, 0.05) is 12.1 Å². The smallest absolute Gasteiger partial charge is 0.151 e. The number of ether oxygens (including phenoxy) is 1. The van der Waals surface area contributed by atoms with E-state index in [1.54, 1.807) is 7.11 Å². The first-order valence-corrected chi connectivity index (χ1v) is 7.38. The zero-order chi connectivity index (χ0) is 15.4. The molecule has 0 amide bonds. The van der Waals surface area contributed by atoms with E-state index in [1.165, 1.54) is 0 Å². The van der Waals surface area contributed by atoms with Gasteiger partial charge in [0.15, 0.2) is 5.82 Å². The number of nitrogens with one attached hydrogen (secondary N) is 1. The zero-order valence-corrected chi connectivity index (χ0v) is 13.6. The van der Waals surface area contributed by atoms with E-state index in [0.717, 1.165) is 41.2 Å². The van der Waals surface area contributed by atoms with Crippen LogP contribution >= 0.6 is 11.6 Å². The van der Waals surface area contributed by atoms with Crippen molar-refractivity contribution in [1.29, 1.82) is 0 Å². The van der Waals surface area contributed by atoms with Crippen LogP contribution in [0.3, 0.4) is 0 Å². The molecule has 1 N–H and O–H groups in total. The lowest BCUT2D eigenvalue weighted by atomic mass is 10.0. The van der Waals surface area contributed by atoms with E-state index in [4.69, 9.17) is 16.3 Å². The van der Waals surface area contributed by atoms with Crippen LogP contribution in [0.2, 0.25) is 5.02 Å². The van der Waals surface area contributed by atoms with Crippen LogP contribution < -0.4 is 10.1 Å². The molecule has 4 nitrogen and oxygen atoms in total. The van der Waals surface area contributed by atoms with Crippen molar-refractivity contribution in [2.24, 2.45) is 0 Å². The molecule has 0 spiro atoms. The molecule has 5 heteroatoms. The van der Waals surface area contributed by atoms with Crippen molar-refractivity contribution in [1.82, 2.24) is 10.2 Å². The van der Waals surface area contributed by atoms with Gasteiger partial charge in [-0.15, -0.1) is 10.2 Å². The van der Waals surface area contributed by atoms with Gasteiger partial charge >= 0.3 is 0 Å². The molecule has 0 saturated heterocycles. The third-order valence-electron chi connectivity index (χ3n) is 3.49. The molecule has 0 radical (unpaired) electrons. The molecule has 0 aliphatic heterocycles. The fourth-order valence-corrected chi connectivity index (χ4v) is 2.29. The van der Waals surface area contributed by atoms with E-state index in [-0.39, 0.29) is 0 Å². The molecule has 112 valence electrons. The highest BCUT2D eigenvalue weighted by Crippen LogP contribution is 2.32. The Balaban J connectivity index is 2.43. The molecular weight excluding hydrogens is 286 g/mol. The SMILES string of the molecule is CCCNc1nnc(-c2ccc(Cl)c(OC)c2)c(C)c1C. The van der Waals surface area contributed by atoms with Gasteiger partial charge in [-0.05, 0) is 43.5 Å². The minimum Gasteiger partial charge on any atom is -0.495 e. The number of methoxy groups -OCH3 is 1. The molecule has 0 saturated carbocycles. The van der Waals surface area contributed by atoms with Crippen molar-refractivity contribution in [3.05, 3.63) is 34.3 Å². The second kappa shape index (κ2) is 6.76. The van der Waals surface area contributed by atoms with Crippen molar-refractivity contribution >= 4 is 17.4 Å². The summed E-state index contributed by atoms with van der Waals surface area (Å²) in [5.41, 5.74) is 4.02. The topological polar surface area (TPSA) is 47.0 Å². The first kappa shape index (κ1) is 15.6. The fraction of sp³-hybridized carbons (Fsp3) is 0.375. The summed E-state index contributed by atoms with van der Waals surface area (Å²) < 4.78 is 5.26. The van der Waals surface area contributed by atoms with Gasteiger partial charge in [0.05, 0.1) is 17.8 Å². The van der Waals surface area contributed by atoms with Gasteiger partial charge in [0.1, 0.15) is 5.75 Å². The third kappa shape index (κ3) is 3.27. The summed E-state index contributed by atoms with van der Waals surface area (Å²) in [7, 11) is 1.60. The quantitative estimate of drug-likeness (QED) is 0.897. The lowest BCUT2D eigenvalue weighted by Crippen LogP contribution is -2.07. The molecule has 1 heterocycles. The van der Waals surface area contributed by atoms with E-state index in [2.05, 4.69) is 36.3 Å². The first-order chi connectivity index (χ1) is 10.1. The second-order valence-corrected chi connectivity index (χ2v) is 5.33. The maximum absolute atomic E-state index is 6.07. The summed E-state index contributed by atoms with van der Waals surface area (Å²) in [6.45, 7) is 7.12. The number of hydrogen-bond donors (Lipinski definition) is 1. The van der Waals surface area contributed by atoms with Gasteiger partial charge in [-0.1, -0.05) is 24.6 Å². The Morgan fingerprint density at radius 2 is 1.95 bits per heavy atom. The van der Waals surface area contributed by atoms with Gasteiger partial charge in [0.25, 0.3) is 0 Å². The summed E-state index contributed by atoms with van der Waals surface area (Å²) in [5.74, 6) is 1.49. The molecule has 0 unspecified atom stereocenters. The van der Waals surface area contributed by atoms with Gasteiger partial charge < -0.3 is 10.1 Å². The van der Waals surface area contributed by atoms with Crippen LogP contribution in [0, 0.1) is 13.8 Å². The monoisotopic (exact) mass is 305 g/mol. The number of halogens is 1. The molecular formula is C16H20ClN3O. The predicted molar refractivity (Wildman–Crippen MR) is 87.3 cm³/mol. The molecule has 0 atom stereocenters. The molecule has 0 aliphatic rings. The Hall–Kier alpha value is -1.81.